The van der Waals surface area contributed by atoms with Crippen molar-refractivity contribution in [2.45, 2.75) is 33.1 Å². The lowest BCUT2D eigenvalue weighted by Gasteiger charge is -2.21. The quantitative estimate of drug-likeness (QED) is 0.445. The normalized spacial score (nSPS) is 18.0. The van der Waals surface area contributed by atoms with Crippen molar-refractivity contribution in [3.05, 3.63) is 45.4 Å². The molecular formula is C18H19BrO4. The summed E-state index contributed by atoms with van der Waals surface area (Å²) in [5.41, 5.74) is 1.76. The molecule has 1 aromatic carbocycles. The van der Waals surface area contributed by atoms with Gasteiger partial charge in [-0.2, -0.15) is 0 Å². The summed E-state index contributed by atoms with van der Waals surface area (Å²) in [7, 11) is 0. The van der Waals surface area contributed by atoms with Gasteiger partial charge in [0.15, 0.2) is 11.6 Å². The van der Waals surface area contributed by atoms with E-state index in [9.17, 15) is 14.4 Å². The highest BCUT2D eigenvalue weighted by atomic mass is 79.9. The molecule has 0 heterocycles. The van der Waals surface area contributed by atoms with Crippen molar-refractivity contribution in [2.75, 3.05) is 6.61 Å². The molecule has 1 unspecified atom stereocenters. The van der Waals surface area contributed by atoms with Crippen LogP contribution in [0.3, 0.4) is 0 Å². The molecular weight excluding hydrogens is 360 g/mol. The summed E-state index contributed by atoms with van der Waals surface area (Å²) in [4.78, 5) is 36.7. The van der Waals surface area contributed by atoms with Gasteiger partial charge in [-0.3, -0.25) is 14.4 Å². The highest BCUT2D eigenvalue weighted by Gasteiger charge is 2.35. The molecule has 2 rings (SSSR count). The van der Waals surface area contributed by atoms with Gasteiger partial charge < -0.3 is 4.74 Å². The largest absolute Gasteiger partial charge is 0.466 e. The van der Waals surface area contributed by atoms with Gasteiger partial charge in [-0.05, 0) is 25.3 Å². The molecule has 1 aromatic rings. The molecule has 0 saturated carbocycles. The zero-order valence-corrected chi connectivity index (χ0v) is 14.8. The summed E-state index contributed by atoms with van der Waals surface area (Å²) in [6, 6.07) is 7.24. The Morgan fingerprint density at radius 3 is 2.35 bits per heavy atom. The van der Waals surface area contributed by atoms with E-state index in [1.165, 1.54) is 0 Å². The number of ketones is 2. The standard InChI is InChI=1S/C18H19BrO4/c1-3-11-5-7-12(8-6-11)17(21)16-14(19)9-13(10-15(16)20)18(22)23-4-2/h5-8,13H,3-4,9-10H2,1-2H3. The van der Waals surface area contributed by atoms with Crippen LogP contribution in [0.5, 0.6) is 0 Å². The van der Waals surface area contributed by atoms with Crippen LogP contribution in [-0.2, 0) is 20.7 Å². The fraction of sp³-hybridized carbons (Fsp3) is 0.389. The molecule has 0 bridgehead atoms. The van der Waals surface area contributed by atoms with Crippen molar-refractivity contribution in [1.82, 2.24) is 0 Å². The predicted molar refractivity (Wildman–Crippen MR) is 90.5 cm³/mol. The van der Waals surface area contributed by atoms with Gasteiger partial charge in [0.05, 0.1) is 18.1 Å². The Labute approximate surface area is 144 Å². The summed E-state index contributed by atoms with van der Waals surface area (Å²) in [6.45, 7) is 4.04. The third kappa shape index (κ3) is 3.96. The van der Waals surface area contributed by atoms with Crippen LogP contribution in [0.15, 0.2) is 34.3 Å². The highest BCUT2D eigenvalue weighted by molar-refractivity contribution is 9.11. The van der Waals surface area contributed by atoms with Crippen molar-refractivity contribution in [2.24, 2.45) is 5.92 Å². The van der Waals surface area contributed by atoms with Crippen LogP contribution >= 0.6 is 15.9 Å². The Morgan fingerprint density at radius 2 is 1.83 bits per heavy atom. The number of Topliss-reactive ketones (excluding diaryl/α,β-unsaturated/α-hetero) is 2. The van der Waals surface area contributed by atoms with Gasteiger partial charge in [-0.25, -0.2) is 0 Å². The summed E-state index contributed by atoms with van der Waals surface area (Å²) >= 11 is 3.31. The Kier molecular flexibility index (Phi) is 5.88. The van der Waals surface area contributed by atoms with Gasteiger partial charge in [-0.15, -0.1) is 0 Å². The van der Waals surface area contributed by atoms with Gasteiger partial charge in [0.1, 0.15) is 0 Å². The van der Waals surface area contributed by atoms with Crippen LogP contribution in [0.2, 0.25) is 0 Å². The molecule has 23 heavy (non-hydrogen) atoms. The number of carbonyl (C=O) groups excluding carboxylic acids is 3. The maximum absolute atomic E-state index is 12.6. The van der Waals surface area contributed by atoms with E-state index in [1.807, 2.05) is 19.1 Å². The zero-order chi connectivity index (χ0) is 17.0. The fourth-order valence-electron chi connectivity index (χ4n) is 2.58. The Morgan fingerprint density at radius 1 is 1.17 bits per heavy atom. The van der Waals surface area contributed by atoms with Crippen molar-refractivity contribution >= 4 is 33.5 Å². The third-order valence-electron chi connectivity index (χ3n) is 3.88. The molecule has 0 radical (unpaired) electrons. The number of ether oxygens (including phenoxy) is 1. The van der Waals surface area contributed by atoms with Gasteiger partial charge in [0, 0.05) is 16.5 Å². The average Bonchev–Trinajstić information content (AvgIpc) is 2.54. The van der Waals surface area contributed by atoms with Crippen LogP contribution in [0.25, 0.3) is 0 Å². The van der Waals surface area contributed by atoms with E-state index in [-0.39, 0.29) is 30.2 Å². The lowest BCUT2D eigenvalue weighted by atomic mass is 9.85. The number of hydrogen-bond acceptors (Lipinski definition) is 4. The minimum Gasteiger partial charge on any atom is -0.466 e. The number of allylic oxidation sites excluding steroid dienone is 2. The first-order valence-electron chi connectivity index (χ1n) is 7.70. The lowest BCUT2D eigenvalue weighted by Crippen LogP contribution is -2.28. The Balaban J connectivity index is 2.23. The van der Waals surface area contributed by atoms with Gasteiger partial charge in [0.2, 0.25) is 0 Å². The van der Waals surface area contributed by atoms with Crippen LogP contribution in [0.4, 0.5) is 0 Å². The Hall–Kier alpha value is -1.75. The molecule has 122 valence electrons. The zero-order valence-electron chi connectivity index (χ0n) is 13.2. The van der Waals surface area contributed by atoms with E-state index in [0.717, 1.165) is 12.0 Å². The number of halogens is 1. The van der Waals surface area contributed by atoms with E-state index < -0.39 is 11.9 Å². The van der Waals surface area contributed by atoms with Crippen molar-refractivity contribution in [1.29, 1.82) is 0 Å². The number of rotatable bonds is 5. The van der Waals surface area contributed by atoms with E-state index in [0.29, 0.717) is 16.5 Å². The van der Waals surface area contributed by atoms with Crippen LogP contribution in [0.1, 0.15) is 42.6 Å². The monoisotopic (exact) mass is 378 g/mol. The van der Waals surface area contributed by atoms with Gasteiger partial charge in [-0.1, -0.05) is 47.1 Å². The first-order chi connectivity index (χ1) is 11.0. The molecule has 0 fully saturated rings. The minimum absolute atomic E-state index is 0.0159. The summed E-state index contributed by atoms with van der Waals surface area (Å²) in [5, 5.41) is 0. The lowest BCUT2D eigenvalue weighted by molar-refractivity contribution is -0.149. The molecule has 0 N–H and O–H groups in total. The maximum atomic E-state index is 12.6. The smallest absolute Gasteiger partial charge is 0.309 e. The number of carbonyl (C=O) groups is 3. The third-order valence-corrected chi connectivity index (χ3v) is 4.60. The number of benzene rings is 1. The van der Waals surface area contributed by atoms with Crippen LogP contribution in [0, 0.1) is 5.92 Å². The van der Waals surface area contributed by atoms with Crippen molar-refractivity contribution < 1.29 is 19.1 Å². The summed E-state index contributed by atoms with van der Waals surface area (Å²) in [6.07, 6.45) is 1.22. The topological polar surface area (TPSA) is 60.4 Å². The Bertz CT molecular complexity index is 658. The van der Waals surface area contributed by atoms with Crippen LogP contribution < -0.4 is 0 Å². The molecule has 0 spiro atoms. The summed E-state index contributed by atoms with van der Waals surface area (Å²) in [5.74, 6) is -1.52. The van der Waals surface area contributed by atoms with Gasteiger partial charge >= 0.3 is 5.97 Å². The van der Waals surface area contributed by atoms with E-state index in [2.05, 4.69) is 15.9 Å². The molecule has 1 atom stereocenters. The molecule has 1 aliphatic rings. The molecule has 0 aliphatic heterocycles. The van der Waals surface area contributed by atoms with Gasteiger partial charge in [0.25, 0.3) is 0 Å². The molecule has 1 aliphatic carbocycles. The highest BCUT2D eigenvalue weighted by Crippen LogP contribution is 2.33. The average molecular weight is 379 g/mol. The second kappa shape index (κ2) is 7.68. The molecule has 4 nitrogen and oxygen atoms in total. The van der Waals surface area contributed by atoms with Crippen molar-refractivity contribution in [3.63, 3.8) is 0 Å². The second-order valence-corrected chi connectivity index (χ2v) is 6.40. The van der Waals surface area contributed by atoms with E-state index >= 15 is 0 Å². The fourth-order valence-corrected chi connectivity index (χ4v) is 3.37. The summed E-state index contributed by atoms with van der Waals surface area (Å²) < 4.78 is 5.45. The van der Waals surface area contributed by atoms with E-state index in [4.69, 9.17) is 4.74 Å². The van der Waals surface area contributed by atoms with Crippen molar-refractivity contribution in [3.8, 4) is 0 Å². The number of esters is 1. The first-order valence-corrected chi connectivity index (χ1v) is 8.49. The first kappa shape index (κ1) is 17.6. The molecule has 0 amide bonds. The van der Waals surface area contributed by atoms with E-state index in [1.54, 1.807) is 19.1 Å². The molecule has 0 aromatic heterocycles. The minimum atomic E-state index is -0.518. The maximum Gasteiger partial charge on any atom is 0.309 e. The molecule has 5 heteroatoms. The second-order valence-electron chi connectivity index (χ2n) is 5.44. The number of aryl methyl sites for hydroxylation is 1. The predicted octanol–water partition coefficient (Wildman–Crippen LogP) is 3.62. The number of hydrogen-bond donors (Lipinski definition) is 0. The molecule has 0 saturated heterocycles. The van der Waals surface area contributed by atoms with Crippen LogP contribution in [-0.4, -0.2) is 24.1 Å². The SMILES string of the molecule is CCOC(=O)C1CC(=O)C(C(=O)c2ccc(CC)cc2)=C(Br)C1.